The third-order valence-corrected chi connectivity index (χ3v) is 7.27. The van der Waals surface area contributed by atoms with Gasteiger partial charge in [-0.3, -0.25) is 4.89 Å². The lowest BCUT2D eigenvalue weighted by atomic mass is 9.67. The summed E-state index contributed by atoms with van der Waals surface area (Å²) >= 11 is 0. The van der Waals surface area contributed by atoms with Gasteiger partial charge in [0.1, 0.15) is 5.60 Å². The fourth-order valence-corrected chi connectivity index (χ4v) is 6.12. The molecule has 0 aromatic heterocycles. The standard InChI is InChI=1S/2C18H36O3/c1-16(2,3)12-10-9-11-14(15(19)21-20)18(7,8)13-17(4,5)6;1-7-8-9-10-11-12-13-14-16(19)20-21-18(5,6)15-17(2,3)4/h14,20H,9-13H2,1-8H3;7-15H2,1-6H3. The van der Waals surface area contributed by atoms with Gasteiger partial charge < -0.3 is 4.89 Å². The van der Waals surface area contributed by atoms with Crippen molar-refractivity contribution in [3.63, 3.8) is 0 Å². The van der Waals surface area contributed by atoms with Crippen molar-refractivity contribution in [1.29, 1.82) is 0 Å². The number of hydrogen-bond donors (Lipinski definition) is 1. The molecule has 1 unspecified atom stereocenters. The number of unbranched alkanes of at least 4 members (excludes halogenated alkanes) is 7. The summed E-state index contributed by atoms with van der Waals surface area (Å²) in [6.45, 7) is 30.0. The fourth-order valence-electron chi connectivity index (χ4n) is 6.12. The zero-order valence-electron chi connectivity index (χ0n) is 30.5. The second kappa shape index (κ2) is 20.0. The molecule has 6 heteroatoms. The largest absolute Gasteiger partial charge is 0.345 e. The minimum absolute atomic E-state index is 0.142. The molecule has 0 aliphatic heterocycles. The summed E-state index contributed by atoms with van der Waals surface area (Å²) in [5, 5.41) is 8.80. The van der Waals surface area contributed by atoms with Crippen molar-refractivity contribution in [1.82, 2.24) is 0 Å². The van der Waals surface area contributed by atoms with Crippen molar-refractivity contribution in [3.8, 4) is 0 Å². The highest BCUT2D eigenvalue weighted by Crippen LogP contribution is 2.42. The van der Waals surface area contributed by atoms with E-state index in [9.17, 15) is 9.59 Å². The van der Waals surface area contributed by atoms with Crippen LogP contribution in [0.5, 0.6) is 0 Å². The molecule has 1 N–H and O–H groups in total. The van der Waals surface area contributed by atoms with Crippen LogP contribution in [0, 0.1) is 27.6 Å². The molecule has 6 nitrogen and oxygen atoms in total. The molecule has 0 aliphatic carbocycles. The van der Waals surface area contributed by atoms with E-state index in [4.69, 9.17) is 15.0 Å². The third kappa shape index (κ3) is 26.5. The molecule has 42 heavy (non-hydrogen) atoms. The highest BCUT2D eigenvalue weighted by Gasteiger charge is 2.39. The van der Waals surface area contributed by atoms with Crippen molar-refractivity contribution in [2.45, 2.75) is 192 Å². The van der Waals surface area contributed by atoms with Crippen LogP contribution in [0.2, 0.25) is 0 Å². The van der Waals surface area contributed by atoms with Crippen molar-refractivity contribution in [2.24, 2.45) is 27.6 Å². The van der Waals surface area contributed by atoms with Gasteiger partial charge in [-0.2, -0.15) is 10.1 Å². The number of rotatable bonds is 18. The topological polar surface area (TPSA) is 82.1 Å². The molecular formula is C36H72O6. The Morgan fingerprint density at radius 1 is 0.643 bits per heavy atom. The van der Waals surface area contributed by atoms with Gasteiger partial charge >= 0.3 is 11.9 Å². The first kappa shape index (κ1) is 43.0. The van der Waals surface area contributed by atoms with Gasteiger partial charge in [0.15, 0.2) is 0 Å². The minimum atomic E-state index is -0.486. The molecule has 0 saturated carbocycles. The van der Waals surface area contributed by atoms with Gasteiger partial charge in [-0.1, -0.05) is 134 Å². The molecule has 0 amide bonds. The first-order valence-corrected chi connectivity index (χ1v) is 16.7. The maximum absolute atomic E-state index is 12.0. The predicted molar refractivity (Wildman–Crippen MR) is 176 cm³/mol. The highest BCUT2D eigenvalue weighted by atomic mass is 17.2. The van der Waals surface area contributed by atoms with E-state index < -0.39 is 11.6 Å². The molecule has 0 saturated heterocycles. The van der Waals surface area contributed by atoms with E-state index in [1.54, 1.807) is 0 Å². The van der Waals surface area contributed by atoms with Gasteiger partial charge in [-0.05, 0) is 67.6 Å². The van der Waals surface area contributed by atoms with E-state index in [-0.39, 0.29) is 28.1 Å². The van der Waals surface area contributed by atoms with Crippen LogP contribution in [0.25, 0.3) is 0 Å². The van der Waals surface area contributed by atoms with Crippen LogP contribution in [-0.4, -0.2) is 22.8 Å². The Bertz CT molecular complexity index is 719. The molecule has 0 bridgehead atoms. The Morgan fingerprint density at radius 2 is 1.14 bits per heavy atom. The minimum Gasteiger partial charge on any atom is -0.301 e. The maximum Gasteiger partial charge on any atom is 0.345 e. The summed E-state index contributed by atoms with van der Waals surface area (Å²) in [4.78, 5) is 38.0. The van der Waals surface area contributed by atoms with Gasteiger partial charge in [0.25, 0.3) is 0 Å². The van der Waals surface area contributed by atoms with Crippen LogP contribution in [0.4, 0.5) is 0 Å². The third-order valence-electron chi connectivity index (χ3n) is 7.27. The summed E-state index contributed by atoms with van der Waals surface area (Å²) in [6.07, 6.45) is 14.6. The molecule has 252 valence electrons. The molecule has 0 spiro atoms. The Kier molecular flexibility index (Phi) is 20.5. The van der Waals surface area contributed by atoms with Crippen molar-refractivity contribution >= 4 is 11.9 Å². The van der Waals surface area contributed by atoms with E-state index in [2.05, 4.69) is 88.0 Å². The van der Waals surface area contributed by atoms with Crippen LogP contribution in [0.1, 0.15) is 187 Å². The zero-order valence-corrected chi connectivity index (χ0v) is 30.5. The lowest BCUT2D eigenvalue weighted by Gasteiger charge is -2.37. The Hall–Kier alpha value is -1.14. The van der Waals surface area contributed by atoms with Gasteiger partial charge in [0.2, 0.25) is 0 Å². The Balaban J connectivity index is 0. The normalized spacial score (nSPS) is 13.7. The SMILES string of the molecule is CC(C)(C)CCCCC(C(=O)OO)C(C)(C)CC(C)(C)C.CCCCCCCCCC(=O)OOC(C)(C)CC(C)(C)C. The summed E-state index contributed by atoms with van der Waals surface area (Å²) in [6, 6.07) is 0. The fraction of sp³-hybridized carbons (Fsp3) is 0.944. The quantitative estimate of drug-likeness (QED) is 0.0957. The molecular weight excluding hydrogens is 528 g/mol. The van der Waals surface area contributed by atoms with E-state index >= 15 is 0 Å². The van der Waals surface area contributed by atoms with Crippen LogP contribution in [0.3, 0.4) is 0 Å². The molecule has 0 rings (SSSR count). The number of carbonyl (C=O) groups is 2. The second-order valence-electron chi connectivity index (χ2n) is 17.4. The van der Waals surface area contributed by atoms with Crippen LogP contribution in [-0.2, 0) is 24.3 Å². The lowest BCUT2D eigenvalue weighted by molar-refractivity contribution is -0.329. The van der Waals surface area contributed by atoms with E-state index in [1.165, 1.54) is 32.1 Å². The molecule has 0 radical (unpaired) electrons. The van der Waals surface area contributed by atoms with Crippen molar-refractivity contribution < 1.29 is 29.5 Å². The van der Waals surface area contributed by atoms with Gasteiger partial charge in [-0.25, -0.2) is 9.59 Å². The summed E-state index contributed by atoms with van der Waals surface area (Å²) in [5.41, 5.74) is -0.000931. The molecule has 0 heterocycles. The Morgan fingerprint density at radius 3 is 1.60 bits per heavy atom. The van der Waals surface area contributed by atoms with Gasteiger partial charge in [0.05, 0.1) is 5.92 Å². The van der Waals surface area contributed by atoms with E-state index in [0.717, 1.165) is 51.4 Å². The van der Waals surface area contributed by atoms with E-state index in [0.29, 0.717) is 11.8 Å². The molecule has 1 atom stereocenters. The predicted octanol–water partition coefficient (Wildman–Crippen LogP) is 11.5. The first-order chi connectivity index (χ1) is 18.9. The van der Waals surface area contributed by atoms with Crippen molar-refractivity contribution in [2.75, 3.05) is 0 Å². The van der Waals surface area contributed by atoms with Crippen molar-refractivity contribution in [3.05, 3.63) is 0 Å². The molecule has 0 aromatic carbocycles. The number of carbonyl (C=O) groups excluding carboxylic acids is 2. The Labute approximate surface area is 261 Å². The van der Waals surface area contributed by atoms with E-state index in [1.807, 2.05) is 13.8 Å². The highest BCUT2D eigenvalue weighted by molar-refractivity contribution is 5.72. The van der Waals surface area contributed by atoms with Crippen LogP contribution < -0.4 is 0 Å². The number of hydrogen-bond acceptors (Lipinski definition) is 6. The zero-order chi connectivity index (χ0) is 33.3. The van der Waals surface area contributed by atoms with Gasteiger partial charge in [-0.15, -0.1) is 0 Å². The molecule has 0 aliphatic rings. The average molecular weight is 601 g/mol. The summed E-state index contributed by atoms with van der Waals surface area (Å²) in [7, 11) is 0. The lowest BCUT2D eigenvalue weighted by Crippen LogP contribution is -2.35. The maximum atomic E-state index is 12.0. The summed E-state index contributed by atoms with van der Waals surface area (Å²) < 4.78 is 0. The molecule has 0 fully saturated rings. The van der Waals surface area contributed by atoms with Crippen LogP contribution >= 0.6 is 0 Å². The smallest absolute Gasteiger partial charge is 0.301 e. The van der Waals surface area contributed by atoms with Crippen LogP contribution in [0.15, 0.2) is 0 Å². The summed E-state index contributed by atoms with van der Waals surface area (Å²) in [5.74, 6) is -0.979. The molecule has 0 aromatic rings. The monoisotopic (exact) mass is 601 g/mol. The average Bonchev–Trinajstić information content (AvgIpc) is 2.78. The first-order valence-electron chi connectivity index (χ1n) is 16.7. The van der Waals surface area contributed by atoms with Gasteiger partial charge in [0, 0.05) is 6.42 Å². The second-order valence-corrected chi connectivity index (χ2v) is 17.4.